The van der Waals surface area contributed by atoms with E-state index in [0.717, 1.165) is 32.5 Å². The molecule has 0 bridgehead atoms. The number of fused-ring (bicyclic) bond motifs is 2. The predicted octanol–water partition coefficient (Wildman–Crippen LogP) is 4.58. The summed E-state index contributed by atoms with van der Waals surface area (Å²) in [6.45, 7) is 11.3. The summed E-state index contributed by atoms with van der Waals surface area (Å²) in [6.07, 6.45) is 3.53. The van der Waals surface area contributed by atoms with Crippen LogP contribution in [0.5, 0.6) is 0 Å². The fourth-order valence-corrected chi connectivity index (χ4v) is 2.78. The van der Waals surface area contributed by atoms with Crippen LogP contribution >= 0.6 is 0 Å². The highest BCUT2D eigenvalue weighted by molar-refractivity contribution is 5.35. The molecule has 3 rings (SSSR count). The largest absolute Gasteiger partial charge is 0.365 e. The summed E-state index contributed by atoms with van der Waals surface area (Å²) in [5, 5.41) is 0. The van der Waals surface area contributed by atoms with E-state index < -0.39 is 0 Å². The normalized spacial score (nSPS) is 19.4. The number of piperidine rings is 1. The van der Waals surface area contributed by atoms with Crippen LogP contribution in [0, 0.1) is 0 Å². The zero-order valence-corrected chi connectivity index (χ0v) is 13.9. The molecule has 2 heteroatoms. The van der Waals surface area contributed by atoms with Gasteiger partial charge in [-0.15, -0.1) is 0 Å². The van der Waals surface area contributed by atoms with Crippen LogP contribution in [0.25, 0.3) is 0 Å². The van der Waals surface area contributed by atoms with Crippen molar-refractivity contribution in [1.82, 2.24) is 4.90 Å². The van der Waals surface area contributed by atoms with Crippen molar-refractivity contribution >= 4 is 0 Å². The van der Waals surface area contributed by atoms with Crippen LogP contribution in [0.4, 0.5) is 0 Å². The maximum absolute atomic E-state index is 6.07. The third kappa shape index (κ3) is 3.83. The van der Waals surface area contributed by atoms with Gasteiger partial charge in [-0.05, 0) is 31.0 Å². The van der Waals surface area contributed by atoms with Gasteiger partial charge in [-0.1, -0.05) is 58.4 Å². The van der Waals surface area contributed by atoms with Gasteiger partial charge in [0, 0.05) is 13.1 Å². The van der Waals surface area contributed by atoms with Crippen LogP contribution in [0.1, 0.15) is 58.1 Å². The molecule has 114 valence electrons. The molecule has 0 N–H and O–H groups in total. The molecule has 0 aromatic heterocycles. The zero-order valence-electron chi connectivity index (χ0n) is 13.9. The first kappa shape index (κ1) is 17.2. The number of ether oxygens (including phenoxy) is 1. The molecule has 1 fully saturated rings. The van der Waals surface area contributed by atoms with Crippen LogP contribution in [0.15, 0.2) is 24.3 Å². The van der Waals surface area contributed by atoms with Crippen molar-refractivity contribution in [2.45, 2.75) is 59.2 Å². The van der Waals surface area contributed by atoms with Gasteiger partial charge in [0.05, 0.1) is 12.2 Å². The van der Waals surface area contributed by atoms with Crippen molar-refractivity contribution in [1.29, 1.82) is 0 Å². The van der Waals surface area contributed by atoms with E-state index in [9.17, 15) is 0 Å². The van der Waals surface area contributed by atoms with Crippen LogP contribution in [-0.2, 0) is 16.9 Å². The Balaban J connectivity index is 0.000000357. The third-order valence-electron chi connectivity index (χ3n) is 3.81. The Morgan fingerprint density at radius 1 is 1.10 bits per heavy atom. The maximum Gasteiger partial charge on any atom is 0.0963 e. The Kier molecular flexibility index (Phi) is 7.25. The summed E-state index contributed by atoms with van der Waals surface area (Å²) in [5.74, 6) is 0. The van der Waals surface area contributed by atoms with Crippen LogP contribution < -0.4 is 0 Å². The minimum Gasteiger partial charge on any atom is -0.365 e. The van der Waals surface area contributed by atoms with Crippen LogP contribution in [0.2, 0.25) is 0 Å². The van der Waals surface area contributed by atoms with Crippen molar-refractivity contribution < 1.29 is 4.74 Å². The predicted molar refractivity (Wildman–Crippen MR) is 87.0 cm³/mol. The standard InChI is InChI=1S/C13H17NO.C3H8.C2H6/c1-14-8-6-13(7-9-14)12-5-3-2-4-11(12)10-15-13;1-3-2;1-2/h2-5H,6-10H2,1H3;3H2,1-2H3;1-2H3. The van der Waals surface area contributed by atoms with Crippen LogP contribution in [0.3, 0.4) is 0 Å². The van der Waals surface area contributed by atoms with E-state index in [1.807, 2.05) is 13.8 Å². The fourth-order valence-electron chi connectivity index (χ4n) is 2.78. The van der Waals surface area contributed by atoms with E-state index in [-0.39, 0.29) is 5.60 Å². The van der Waals surface area contributed by atoms with Gasteiger partial charge in [-0.2, -0.15) is 0 Å². The van der Waals surface area contributed by atoms with Gasteiger partial charge in [-0.3, -0.25) is 0 Å². The lowest BCUT2D eigenvalue weighted by molar-refractivity contribution is -0.0755. The van der Waals surface area contributed by atoms with E-state index in [1.165, 1.54) is 17.5 Å². The molecule has 0 radical (unpaired) electrons. The Morgan fingerprint density at radius 3 is 2.25 bits per heavy atom. The molecular formula is C18H31NO. The first-order chi connectivity index (χ1) is 9.72. The van der Waals surface area contributed by atoms with Crippen molar-refractivity contribution in [2.24, 2.45) is 0 Å². The van der Waals surface area contributed by atoms with Crippen molar-refractivity contribution in [3.8, 4) is 0 Å². The number of rotatable bonds is 0. The maximum atomic E-state index is 6.07. The lowest BCUT2D eigenvalue weighted by Crippen LogP contribution is -2.40. The number of likely N-dealkylation sites (tertiary alicyclic amines) is 1. The SMILES string of the molecule is CC.CCC.CN1CCC2(CC1)OCc1ccccc12. The highest BCUT2D eigenvalue weighted by Gasteiger charge is 2.41. The fraction of sp³-hybridized carbons (Fsp3) is 0.667. The molecule has 0 aliphatic carbocycles. The summed E-state index contributed by atoms with van der Waals surface area (Å²) in [6, 6.07) is 8.68. The van der Waals surface area contributed by atoms with Gasteiger partial charge in [0.15, 0.2) is 0 Å². The van der Waals surface area contributed by atoms with Crippen molar-refractivity contribution in [2.75, 3.05) is 20.1 Å². The Hall–Kier alpha value is -0.860. The topological polar surface area (TPSA) is 12.5 Å². The highest BCUT2D eigenvalue weighted by Crippen LogP contribution is 2.43. The Labute approximate surface area is 125 Å². The number of hydrogen-bond donors (Lipinski definition) is 0. The summed E-state index contributed by atoms with van der Waals surface area (Å²) in [5.41, 5.74) is 2.88. The second-order valence-electron chi connectivity index (χ2n) is 5.45. The first-order valence-corrected chi connectivity index (χ1v) is 8.12. The molecule has 2 nitrogen and oxygen atoms in total. The van der Waals surface area contributed by atoms with Gasteiger partial charge in [0.25, 0.3) is 0 Å². The van der Waals surface area contributed by atoms with Crippen molar-refractivity contribution in [3.63, 3.8) is 0 Å². The molecule has 1 aromatic rings. The number of hydrogen-bond acceptors (Lipinski definition) is 2. The smallest absolute Gasteiger partial charge is 0.0963 e. The molecule has 0 atom stereocenters. The average molecular weight is 277 g/mol. The molecule has 1 aromatic carbocycles. The third-order valence-corrected chi connectivity index (χ3v) is 3.81. The Bertz CT molecular complexity index is 381. The molecule has 0 amide bonds. The molecule has 2 aliphatic heterocycles. The minimum absolute atomic E-state index is 0.0447. The molecular weight excluding hydrogens is 246 g/mol. The quantitative estimate of drug-likeness (QED) is 0.688. The van der Waals surface area contributed by atoms with Crippen LogP contribution in [-0.4, -0.2) is 25.0 Å². The van der Waals surface area contributed by atoms with Gasteiger partial charge in [-0.25, -0.2) is 0 Å². The highest BCUT2D eigenvalue weighted by atomic mass is 16.5. The van der Waals surface area contributed by atoms with E-state index >= 15 is 0 Å². The molecule has 0 saturated carbocycles. The molecule has 0 unspecified atom stereocenters. The first-order valence-electron chi connectivity index (χ1n) is 8.12. The zero-order chi connectivity index (χ0) is 15.0. The van der Waals surface area contributed by atoms with Gasteiger partial charge in [0.2, 0.25) is 0 Å². The number of nitrogens with zero attached hydrogens (tertiary/aromatic N) is 1. The molecule has 1 saturated heterocycles. The van der Waals surface area contributed by atoms with E-state index in [1.54, 1.807) is 0 Å². The lowest BCUT2D eigenvalue weighted by Gasteiger charge is -2.37. The minimum atomic E-state index is 0.0447. The second-order valence-corrected chi connectivity index (χ2v) is 5.45. The number of benzene rings is 1. The van der Waals surface area contributed by atoms with Gasteiger partial charge >= 0.3 is 0 Å². The lowest BCUT2D eigenvalue weighted by atomic mass is 9.84. The van der Waals surface area contributed by atoms with Gasteiger partial charge in [0.1, 0.15) is 0 Å². The van der Waals surface area contributed by atoms with E-state index in [2.05, 4.69) is 50.1 Å². The second kappa shape index (κ2) is 8.43. The summed E-state index contributed by atoms with van der Waals surface area (Å²) in [7, 11) is 2.19. The Morgan fingerprint density at radius 2 is 1.65 bits per heavy atom. The van der Waals surface area contributed by atoms with E-state index in [4.69, 9.17) is 4.74 Å². The van der Waals surface area contributed by atoms with Gasteiger partial charge < -0.3 is 9.64 Å². The molecule has 2 aliphatic rings. The average Bonchev–Trinajstić information content (AvgIpc) is 2.85. The summed E-state index contributed by atoms with van der Waals surface area (Å²) >= 11 is 0. The summed E-state index contributed by atoms with van der Waals surface area (Å²) in [4.78, 5) is 2.38. The monoisotopic (exact) mass is 277 g/mol. The molecule has 1 spiro atoms. The van der Waals surface area contributed by atoms with Crippen molar-refractivity contribution in [3.05, 3.63) is 35.4 Å². The van der Waals surface area contributed by atoms with E-state index in [0.29, 0.717) is 0 Å². The summed E-state index contributed by atoms with van der Waals surface area (Å²) < 4.78 is 6.07. The molecule has 2 heterocycles. The molecule has 20 heavy (non-hydrogen) atoms.